The highest BCUT2D eigenvalue weighted by Gasteiger charge is 2.17. The van der Waals surface area contributed by atoms with Crippen LogP contribution in [0.2, 0.25) is 0 Å². The number of aliphatic hydroxyl groups is 1. The van der Waals surface area contributed by atoms with E-state index in [1.165, 1.54) is 24.0 Å². The Balaban J connectivity index is 2.26. The Bertz CT molecular complexity index is 396. The van der Waals surface area contributed by atoms with Crippen molar-refractivity contribution in [3.05, 3.63) is 34.9 Å². The summed E-state index contributed by atoms with van der Waals surface area (Å²) in [5, 5.41) is 9.84. The molecule has 0 bridgehead atoms. The Hall–Kier alpha value is -1.15. The molecule has 0 heterocycles. The number of carbonyl (C=O) groups excluding carboxylic acids is 1. The van der Waals surface area contributed by atoms with Crippen LogP contribution in [-0.4, -0.2) is 10.9 Å². The van der Waals surface area contributed by atoms with Crippen LogP contribution in [0.15, 0.2) is 18.2 Å². The second-order valence-electron chi connectivity index (χ2n) is 4.46. The van der Waals surface area contributed by atoms with E-state index in [9.17, 15) is 9.90 Å². The number of benzene rings is 1. The zero-order chi connectivity index (χ0) is 11.5. The number of fused-ring (bicyclic) bond motifs is 1. The summed E-state index contributed by atoms with van der Waals surface area (Å²) in [5.41, 5.74) is 3.45. The van der Waals surface area contributed by atoms with Gasteiger partial charge in [0.05, 0.1) is 0 Å². The molecule has 0 spiro atoms. The van der Waals surface area contributed by atoms with Crippen molar-refractivity contribution in [1.29, 1.82) is 0 Å². The fourth-order valence-corrected chi connectivity index (χ4v) is 2.30. The lowest BCUT2D eigenvalue weighted by atomic mass is 9.89. The molecule has 2 nitrogen and oxygen atoms in total. The smallest absolute Gasteiger partial charge is 0.165 e. The highest BCUT2D eigenvalue weighted by molar-refractivity contribution is 5.83. The monoisotopic (exact) mass is 218 g/mol. The van der Waals surface area contributed by atoms with E-state index in [1.807, 2.05) is 12.1 Å². The largest absolute Gasteiger partial charge is 0.381 e. The zero-order valence-corrected chi connectivity index (χ0v) is 9.70. The van der Waals surface area contributed by atoms with E-state index in [0.29, 0.717) is 6.42 Å². The van der Waals surface area contributed by atoms with Gasteiger partial charge in [0, 0.05) is 6.42 Å². The van der Waals surface area contributed by atoms with Gasteiger partial charge < -0.3 is 5.11 Å². The van der Waals surface area contributed by atoms with Crippen molar-refractivity contribution in [1.82, 2.24) is 0 Å². The molecule has 16 heavy (non-hydrogen) atoms. The van der Waals surface area contributed by atoms with Gasteiger partial charge in [-0.2, -0.15) is 0 Å². The maximum Gasteiger partial charge on any atom is 0.165 e. The Morgan fingerprint density at radius 2 is 2.00 bits per heavy atom. The molecular formula is C14H18O2. The number of ketones is 1. The third-order valence-electron chi connectivity index (χ3n) is 3.34. The van der Waals surface area contributed by atoms with E-state index >= 15 is 0 Å². The third-order valence-corrected chi connectivity index (χ3v) is 3.34. The predicted molar refractivity (Wildman–Crippen MR) is 63.3 cm³/mol. The molecule has 1 aromatic carbocycles. The summed E-state index contributed by atoms with van der Waals surface area (Å²) in [6.45, 7) is 1.78. The lowest BCUT2D eigenvalue weighted by Gasteiger charge is -2.18. The van der Waals surface area contributed by atoms with E-state index in [4.69, 9.17) is 0 Å². The van der Waals surface area contributed by atoms with Crippen LogP contribution in [0.3, 0.4) is 0 Å². The van der Waals surface area contributed by atoms with Gasteiger partial charge in [0.2, 0.25) is 0 Å². The average molecular weight is 218 g/mol. The van der Waals surface area contributed by atoms with Crippen molar-refractivity contribution < 1.29 is 9.90 Å². The normalized spacial score (nSPS) is 16.6. The van der Waals surface area contributed by atoms with Gasteiger partial charge in [-0.3, -0.25) is 4.79 Å². The molecule has 1 aliphatic carbocycles. The van der Waals surface area contributed by atoms with E-state index in [1.54, 1.807) is 6.92 Å². The molecule has 0 saturated carbocycles. The van der Waals surface area contributed by atoms with Crippen LogP contribution in [0.25, 0.3) is 0 Å². The van der Waals surface area contributed by atoms with Crippen molar-refractivity contribution in [3.63, 3.8) is 0 Å². The summed E-state index contributed by atoms with van der Waals surface area (Å²) >= 11 is 0. The lowest BCUT2D eigenvalue weighted by molar-refractivity contribution is -0.127. The molecule has 0 radical (unpaired) electrons. The first-order chi connectivity index (χ1) is 7.72. The molecule has 0 saturated heterocycles. The van der Waals surface area contributed by atoms with Gasteiger partial charge in [0.15, 0.2) is 5.78 Å². The van der Waals surface area contributed by atoms with E-state index in [0.717, 1.165) is 18.4 Å². The minimum Gasteiger partial charge on any atom is -0.381 e. The first-order valence-electron chi connectivity index (χ1n) is 6.05. The number of hydrogen-bond donors (Lipinski definition) is 1. The van der Waals surface area contributed by atoms with Crippen LogP contribution in [0.1, 0.15) is 49.0 Å². The van der Waals surface area contributed by atoms with E-state index in [-0.39, 0.29) is 5.78 Å². The van der Waals surface area contributed by atoms with Crippen molar-refractivity contribution >= 4 is 5.78 Å². The summed E-state index contributed by atoms with van der Waals surface area (Å²) in [6.07, 6.45) is 4.14. The predicted octanol–water partition coefficient (Wildman–Crippen LogP) is 2.58. The lowest BCUT2D eigenvalue weighted by Crippen LogP contribution is -2.12. The average Bonchev–Trinajstić information content (AvgIpc) is 2.36. The molecule has 0 amide bonds. The van der Waals surface area contributed by atoms with Crippen LogP contribution in [0, 0.1) is 0 Å². The van der Waals surface area contributed by atoms with Gasteiger partial charge in [-0.05, 0) is 42.4 Å². The van der Waals surface area contributed by atoms with Crippen LogP contribution >= 0.6 is 0 Å². The van der Waals surface area contributed by atoms with Gasteiger partial charge >= 0.3 is 0 Å². The second-order valence-corrected chi connectivity index (χ2v) is 4.46. The fourth-order valence-electron chi connectivity index (χ4n) is 2.30. The Kier molecular flexibility index (Phi) is 3.39. The molecule has 86 valence electrons. The maximum atomic E-state index is 11.4. The Morgan fingerprint density at radius 3 is 2.69 bits per heavy atom. The number of hydrogen-bond acceptors (Lipinski definition) is 2. The quantitative estimate of drug-likeness (QED) is 0.846. The molecule has 2 heteroatoms. The Morgan fingerprint density at radius 1 is 1.31 bits per heavy atom. The Labute approximate surface area is 96.3 Å². The molecule has 1 N–H and O–H groups in total. The third kappa shape index (κ3) is 2.17. The number of Topliss-reactive ketones (excluding diaryl/α,β-unsaturated/α-hetero) is 1. The molecule has 1 atom stereocenters. The van der Waals surface area contributed by atoms with Crippen LogP contribution in [-0.2, 0) is 17.6 Å². The zero-order valence-electron chi connectivity index (χ0n) is 9.70. The maximum absolute atomic E-state index is 11.4. The standard InChI is InChI=1S/C14H18O2/c1-2-13(15)14(16)12-8-7-10-5-3-4-6-11(10)9-12/h7-9,14,16H,2-6H2,1H3. The molecule has 2 rings (SSSR count). The minimum absolute atomic E-state index is 0.101. The number of rotatable bonds is 3. The molecule has 0 aliphatic heterocycles. The fraction of sp³-hybridized carbons (Fsp3) is 0.500. The highest BCUT2D eigenvalue weighted by atomic mass is 16.3. The van der Waals surface area contributed by atoms with Gasteiger partial charge in [-0.1, -0.05) is 25.1 Å². The van der Waals surface area contributed by atoms with E-state index in [2.05, 4.69) is 6.07 Å². The first-order valence-corrected chi connectivity index (χ1v) is 6.05. The van der Waals surface area contributed by atoms with Crippen molar-refractivity contribution in [3.8, 4) is 0 Å². The second kappa shape index (κ2) is 4.79. The van der Waals surface area contributed by atoms with Crippen LogP contribution < -0.4 is 0 Å². The van der Waals surface area contributed by atoms with E-state index < -0.39 is 6.10 Å². The summed E-state index contributed by atoms with van der Waals surface area (Å²) in [4.78, 5) is 11.4. The van der Waals surface area contributed by atoms with Gasteiger partial charge in [-0.25, -0.2) is 0 Å². The van der Waals surface area contributed by atoms with Crippen molar-refractivity contribution in [2.24, 2.45) is 0 Å². The first kappa shape index (κ1) is 11.3. The van der Waals surface area contributed by atoms with Gasteiger partial charge in [0.1, 0.15) is 6.10 Å². The summed E-state index contributed by atoms with van der Waals surface area (Å²) in [7, 11) is 0. The van der Waals surface area contributed by atoms with Crippen LogP contribution in [0.4, 0.5) is 0 Å². The van der Waals surface area contributed by atoms with Crippen molar-refractivity contribution in [2.45, 2.75) is 45.1 Å². The van der Waals surface area contributed by atoms with Crippen LogP contribution in [0.5, 0.6) is 0 Å². The van der Waals surface area contributed by atoms with Crippen molar-refractivity contribution in [2.75, 3.05) is 0 Å². The summed E-state index contributed by atoms with van der Waals surface area (Å²) < 4.78 is 0. The SMILES string of the molecule is CCC(=O)C(O)c1ccc2c(c1)CCCC2. The van der Waals surface area contributed by atoms with Gasteiger partial charge in [0.25, 0.3) is 0 Å². The summed E-state index contributed by atoms with van der Waals surface area (Å²) in [6, 6.07) is 5.96. The topological polar surface area (TPSA) is 37.3 Å². The highest BCUT2D eigenvalue weighted by Crippen LogP contribution is 2.25. The minimum atomic E-state index is -0.933. The van der Waals surface area contributed by atoms with Gasteiger partial charge in [-0.15, -0.1) is 0 Å². The number of carbonyl (C=O) groups is 1. The molecule has 1 unspecified atom stereocenters. The molecular weight excluding hydrogens is 200 g/mol. The molecule has 1 aromatic rings. The number of aryl methyl sites for hydroxylation is 2. The molecule has 0 fully saturated rings. The molecule has 1 aliphatic rings. The number of aliphatic hydroxyl groups excluding tert-OH is 1. The summed E-state index contributed by atoms with van der Waals surface area (Å²) in [5.74, 6) is -0.101. The molecule has 0 aromatic heterocycles.